The van der Waals surface area contributed by atoms with Gasteiger partial charge in [-0.05, 0) is 27.2 Å². The Hall–Kier alpha value is -1.44. The lowest BCUT2D eigenvalue weighted by Gasteiger charge is -2.19. The maximum absolute atomic E-state index is 11.7. The number of nitrogens with one attached hydrogen (secondary N) is 2. The lowest BCUT2D eigenvalue weighted by molar-refractivity contribution is -0.141. The molecule has 0 fully saturated rings. The van der Waals surface area contributed by atoms with Crippen molar-refractivity contribution in [2.45, 2.75) is 58.6 Å². The molecule has 0 aliphatic rings. The fraction of sp³-hybridized carbons (Fsp3) is 0.800. The molecule has 1 atom stereocenters. The lowest BCUT2D eigenvalue weighted by Crippen LogP contribution is -2.41. The Kier molecular flexibility index (Phi) is 10.5. The molecule has 0 rings (SSSR count). The van der Waals surface area contributed by atoms with E-state index in [2.05, 4.69) is 10.6 Å². The zero-order valence-corrected chi connectivity index (χ0v) is 15.1. The van der Waals surface area contributed by atoms with Gasteiger partial charge in [-0.25, -0.2) is 9.59 Å². The number of unbranched alkanes of at least 4 members (excludes halogenated alkanes) is 1. The molecule has 0 aliphatic carbocycles. The van der Waals surface area contributed by atoms with Gasteiger partial charge < -0.3 is 20.5 Å². The van der Waals surface area contributed by atoms with E-state index < -0.39 is 23.7 Å². The van der Waals surface area contributed by atoms with E-state index in [-0.39, 0.29) is 11.7 Å². The Morgan fingerprint density at radius 1 is 1.26 bits per heavy atom. The predicted molar refractivity (Wildman–Crippen MR) is 90.7 cm³/mol. The van der Waals surface area contributed by atoms with Crippen LogP contribution in [0, 0.1) is 0 Å². The van der Waals surface area contributed by atoms with Crippen LogP contribution >= 0.6 is 11.8 Å². The number of alkyl carbamates (subject to hydrolysis) is 1. The second kappa shape index (κ2) is 11.2. The molecule has 23 heavy (non-hydrogen) atoms. The molecule has 0 heterocycles. The molecule has 1 unspecified atom stereocenters. The first-order chi connectivity index (χ1) is 10.7. The number of ether oxygens (including phenoxy) is 1. The molecule has 2 amide bonds. The summed E-state index contributed by atoms with van der Waals surface area (Å²) in [5.41, 5.74) is -0.540. The Morgan fingerprint density at radius 2 is 1.91 bits per heavy atom. The second-order valence-electron chi connectivity index (χ2n) is 6.08. The van der Waals surface area contributed by atoms with Crippen LogP contribution in [0.4, 0.5) is 4.79 Å². The molecule has 0 aromatic rings. The highest BCUT2D eigenvalue weighted by Gasteiger charge is 2.19. The fourth-order valence-electron chi connectivity index (χ4n) is 1.61. The van der Waals surface area contributed by atoms with Crippen LogP contribution in [0.5, 0.6) is 0 Å². The Morgan fingerprint density at radius 3 is 2.43 bits per heavy atom. The molecule has 0 aliphatic heterocycles. The van der Waals surface area contributed by atoms with E-state index in [9.17, 15) is 14.4 Å². The minimum absolute atomic E-state index is 0.159. The minimum Gasteiger partial charge on any atom is -0.480 e. The summed E-state index contributed by atoms with van der Waals surface area (Å²) in [6.07, 6.45) is 1.57. The minimum atomic E-state index is -1.01. The van der Waals surface area contributed by atoms with Crippen molar-refractivity contribution >= 4 is 29.7 Å². The van der Waals surface area contributed by atoms with Gasteiger partial charge in [-0.3, -0.25) is 4.79 Å². The zero-order chi connectivity index (χ0) is 17.9. The lowest BCUT2D eigenvalue weighted by atomic mass is 10.1. The van der Waals surface area contributed by atoms with E-state index >= 15 is 0 Å². The summed E-state index contributed by atoms with van der Waals surface area (Å²) in [5.74, 6) is -0.621. The molecule has 0 spiro atoms. The molecule has 7 nitrogen and oxygen atoms in total. The highest BCUT2D eigenvalue weighted by Crippen LogP contribution is 2.07. The summed E-state index contributed by atoms with van der Waals surface area (Å²) in [5, 5.41) is 14.1. The van der Waals surface area contributed by atoms with E-state index in [1.54, 1.807) is 20.8 Å². The third kappa shape index (κ3) is 12.8. The van der Waals surface area contributed by atoms with E-state index in [1.807, 2.05) is 6.92 Å². The van der Waals surface area contributed by atoms with Crippen LogP contribution in [0.2, 0.25) is 0 Å². The van der Waals surface area contributed by atoms with Gasteiger partial charge >= 0.3 is 12.1 Å². The predicted octanol–water partition coefficient (Wildman–Crippen LogP) is 2.00. The van der Waals surface area contributed by atoms with Gasteiger partial charge in [0.25, 0.3) is 0 Å². The summed E-state index contributed by atoms with van der Waals surface area (Å²) < 4.78 is 5.08. The third-order valence-electron chi connectivity index (χ3n) is 2.63. The maximum Gasteiger partial charge on any atom is 0.407 e. The summed E-state index contributed by atoms with van der Waals surface area (Å²) >= 11 is 1.32. The van der Waals surface area contributed by atoms with Crippen molar-refractivity contribution in [3.63, 3.8) is 0 Å². The molecular weight excluding hydrogens is 320 g/mol. The summed E-state index contributed by atoms with van der Waals surface area (Å²) in [4.78, 5) is 34.1. The molecule has 134 valence electrons. The molecule has 3 N–H and O–H groups in total. The van der Waals surface area contributed by atoms with Crippen LogP contribution in [0.3, 0.4) is 0 Å². The second-order valence-corrected chi connectivity index (χ2v) is 7.19. The van der Waals surface area contributed by atoms with Gasteiger partial charge in [-0.15, -0.1) is 0 Å². The number of rotatable bonds is 10. The highest BCUT2D eigenvalue weighted by atomic mass is 32.2. The number of hydrogen-bond acceptors (Lipinski definition) is 5. The number of carboxylic acid groups (broad SMARTS) is 1. The number of thioether (sulfide) groups is 1. The Labute approximate surface area is 141 Å². The number of amides is 2. The third-order valence-corrected chi connectivity index (χ3v) is 3.59. The number of hydrogen-bond donors (Lipinski definition) is 3. The standard InChI is InChI=1S/C15H28N2O5S/c1-5-6-7-11(13(19)20)17-12(18)10-23-9-8-16-14(21)22-15(2,3)4/h11H,5-10H2,1-4H3,(H,16,21)(H,17,18)(H,19,20). The van der Waals surface area contributed by atoms with E-state index in [1.165, 1.54) is 11.8 Å². The van der Waals surface area contributed by atoms with Gasteiger partial charge in [0.1, 0.15) is 11.6 Å². The van der Waals surface area contributed by atoms with Crippen LogP contribution in [0.1, 0.15) is 47.0 Å². The van der Waals surface area contributed by atoms with Gasteiger partial charge in [0.2, 0.25) is 5.91 Å². The first-order valence-electron chi connectivity index (χ1n) is 7.72. The number of carbonyl (C=O) groups is 3. The first-order valence-corrected chi connectivity index (χ1v) is 8.88. The van der Waals surface area contributed by atoms with Crippen LogP contribution in [-0.4, -0.2) is 52.8 Å². The molecule has 0 saturated carbocycles. The SMILES string of the molecule is CCCCC(NC(=O)CSCCNC(=O)OC(C)(C)C)C(=O)O. The molecule has 0 aromatic heterocycles. The monoisotopic (exact) mass is 348 g/mol. The summed E-state index contributed by atoms with van der Waals surface area (Å²) in [6, 6.07) is -0.831. The van der Waals surface area contributed by atoms with E-state index in [0.717, 1.165) is 12.8 Å². The van der Waals surface area contributed by atoms with Gasteiger partial charge in [-0.2, -0.15) is 11.8 Å². The summed E-state index contributed by atoms with van der Waals surface area (Å²) in [7, 11) is 0. The number of carbonyl (C=O) groups excluding carboxylic acids is 2. The van der Waals surface area contributed by atoms with Gasteiger partial charge in [-0.1, -0.05) is 19.8 Å². The topological polar surface area (TPSA) is 105 Å². The number of carboxylic acids is 1. The first kappa shape index (κ1) is 21.6. The van der Waals surface area contributed by atoms with Gasteiger partial charge in [0.15, 0.2) is 0 Å². The maximum atomic E-state index is 11.7. The fourth-order valence-corrected chi connectivity index (χ4v) is 2.27. The largest absolute Gasteiger partial charge is 0.480 e. The zero-order valence-electron chi connectivity index (χ0n) is 14.3. The molecular formula is C15H28N2O5S. The molecule has 0 bridgehead atoms. The molecule has 0 radical (unpaired) electrons. The van der Waals surface area contributed by atoms with Crippen molar-refractivity contribution in [2.75, 3.05) is 18.1 Å². The molecule has 0 saturated heterocycles. The van der Waals surface area contributed by atoms with Crippen molar-refractivity contribution in [2.24, 2.45) is 0 Å². The van der Waals surface area contributed by atoms with Crippen molar-refractivity contribution in [1.82, 2.24) is 10.6 Å². The average Bonchev–Trinajstić information content (AvgIpc) is 2.40. The quantitative estimate of drug-likeness (QED) is 0.522. The molecule has 0 aromatic carbocycles. The van der Waals surface area contributed by atoms with Crippen LogP contribution in [0.15, 0.2) is 0 Å². The Bertz CT molecular complexity index is 396. The van der Waals surface area contributed by atoms with Crippen molar-refractivity contribution in [3.8, 4) is 0 Å². The smallest absolute Gasteiger partial charge is 0.407 e. The van der Waals surface area contributed by atoms with E-state index in [4.69, 9.17) is 9.84 Å². The van der Waals surface area contributed by atoms with Crippen molar-refractivity contribution in [1.29, 1.82) is 0 Å². The van der Waals surface area contributed by atoms with Crippen LogP contribution in [0.25, 0.3) is 0 Å². The Balaban J connectivity index is 3.85. The van der Waals surface area contributed by atoms with Crippen LogP contribution in [-0.2, 0) is 14.3 Å². The normalized spacial score (nSPS) is 12.3. The summed E-state index contributed by atoms with van der Waals surface area (Å²) in [6.45, 7) is 7.69. The van der Waals surface area contributed by atoms with Crippen molar-refractivity contribution in [3.05, 3.63) is 0 Å². The van der Waals surface area contributed by atoms with Gasteiger partial charge in [0.05, 0.1) is 5.75 Å². The van der Waals surface area contributed by atoms with E-state index in [0.29, 0.717) is 18.7 Å². The van der Waals surface area contributed by atoms with Crippen LogP contribution < -0.4 is 10.6 Å². The van der Waals surface area contributed by atoms with Crippen molar-refractivity contribution < 1.29 is 24.2 Å². The highest BCUT2D eigenvalue weighted by molar-refractivity contribution is 7.99. The number of aliphatic carboxylic acids is 1. The molecule has 8 heteroatoms. The van der Waals surface area contributed by atoms with Gasteiger partial charge in [0, 0.05) is 12.3 Å². The average molecular weight is 348 g/mol.